The molecule has 1 atom stereocenters. The molecule has 0 saturated carbocycles. The largest absolute Gasteiger partial charge is 0.493 e. The van der Waals surface area contributed by atoms with Gasteiger partial charge in [0.1, 0.15) is 11.4 Å². The highest BCUT2D eigenvalue weighted by Gasteiger charge is 2.32. The van der Waals surface area contributed by atoms with Gasteiger partial charge in [-0.2, -0.15) is 0 Å². The van der Waals surface area contributed by atoms with Crippen LogP contribution in [0.3, 0.4) is 0 Å². The van der Waals surface area contributed by atoms with Crippen molar-refractivity contribution < 1.29 is 9.84 Å². The van der Waals surface area contributed by atoms with Crippen LogP contribution in [0.4, 0.5) is 0 Å². The fourth-order valence-electron chi connectivity index (χ4n) is 2.39. The molecule has 0 aromatic heterocycles. The second-order valence-corrected chi connectivity index (χ2v) is 5.57. The van der Waals surface area contributed by atoms with Gasteiger partial charge in [0.05, 0.1) is 6.61 Å². The quantitative estimate of drug-likeness (QED) is 0.872. The van der Waals surface area contributed by atoms with Gasteiger partial charge in [-0.15, -0.1) is 0 Å². The smallest absolute Gasteiger partial charge is 0.125 e. The first-order valence-electron chi connectivity index (χ1n) is 6.82. The average Bonchev–Trinajstić information content (AvgIpc) is 2.47. The summed E-state index contributed by atoms with van der Waals surface area (Å²) in [6.07, 6.45) is 0.577. The van der Waals surface area contributed by atoms with E-state index in [-0.39, 0.29) is 0 Å². The molecule has 0 aliphatic rings. The molecule has 2 rings (SSSR count). The molecule has 0 fully saturated rings. The molecular formula is C17H19BrO2. The minimum absolute atomic E-state index is 0.577. The second kappa shape index (κ2) is 6.42. The van der Waals surface area contributed by atoms with Crippen LogP contribution in [-0.2, 0) is 5.60 Å². The van der Waals surface area contributed by atoms with Crippen molar-refractivity contribution >= 4 is 15.9 Å². The molecule has 106 valence electrons. The molecule has 0 aliphatic heterocycles. The molecule has 0 bridgehead atoms. The summed E-state index contributed by atoms with van der Waals surface area (Å²) < 4.78 is 6.62. The van der Waals surface area contributed by atoms with Crippen LogP contribution in [0, 0.1) is 0 Å². The summed E-state index contributed by atoms with van der Waals surface area (Å²) in [5, 5.41) is 11.2. The van der Waals surface area contributed by atoms with Gasteiger partial charge in [-0.3, -0.25) is 0 Å². The molecular weight excluding hydrogens is 316 g/mol. The maximum absolute atomic E-state index is 11.2. The Morgan fingerprint density at radius 2 is 1.85 bits per heavy atom. The predicted molar refractivity (Wildman–Crippen MR) is 85.0 cm³/mol. The molecule has 0 spiro atoms. The van der Waals surface area contributed by atoms with Crippen LogP contribution >= 0.6 is 15.9 Å². The van der Waals surface area contributed by atoms with Crippen LogP contribution in [0.2, 0.25) is 0 Å². The summed E-state index contributed by atoms with van der Waals surface area (Å²) in [6.45, 7) is 4.50. The molecule has 0 saturated heterocycles. The molecule has 0 aliphatic carbocycles. The Balaban J connectivity index is 2.56. The van der Waals surface area contributed by atoms with E-state index >= 15 is 0 Å². The molecule has 3 heteroatoms. The standard InChI is InChI=1S/C17H19BrO2/c1-3-17(19,13-8-7-9-14(18)12-13)15-10-5-6-11-16(15)20-4-2/h5-12,19H,3-4H2,1-2H3. The van der Waals surface area contributed by atoms with Gasteiger partial charge < -0.3 is 9.84 Å². The van der Waals surface area contributed by atoms with Crippen molar-refractivity contribution in [2.75, 3.05) is 6.61 Å². The summed E-state index contributed by atoms with van der Waals surface area (Å²) in [5.74, 6) is 0.735. The van der Waals surface area contributed by atoms with Crippen molar-refractivity contribution in [1.29, 1.82) is 0 Å². The molecule has 2 aromatic rings. The number of aliphatic hydroxyl groups is 1. The first kappa shape index (κ1) is 15.1. The molecule has 0 amide bonds. The van der Waals surface area contributed by atoms with Gasteiger partial charge in [0.15, 0.2) is 0 Å². The highest BCUT2D eigenvalue weighted by molar-refractivity contribution is 9.10. The molecule has 20 heavy (non-hydrogen) atoms. The fourth-order valence-corrected chi connectivity index (χ4v) is 2.78. The van der Waals surface area contributed by atoms with E-state index in [0.717, 1.165) is 21.3 Å². The molecule has 1 unspecified atom stereocenters. The minimum Gasteiger partial charge on any atom is -0.493 e. The average molecular weight is 335 g/mol. The number of hydrogen-bond acceptors (Lipinski definition) is 2. The van der Waals surface area contributed by atoms with Gasteiger partial charge in [0.2, 0.25) is 0 Å². The van der Waals surface area contributed by atoms with Gasteiger partial charge in [-0.1, -0.05) is 53.2 Å². The van der Waals surface area contributed by atoms with E-state index in [1.807, 2.05) is 62.4 Å². The zero-order chi connectivity index (χ0) is 14.6. The summed E-state index contributed by atoms with van der Waals surface area (Å²) in [4.78, 5) is 0. The van der Waals surface area contributed by atoms with Gasteiger partial charge >= 0.3 is 0 Å². The van der Waals surface area contributed by atoms with Crippen molar-refractivity contribution in [3.63, 3.8) is 0 Å². The first-order chi connectivity index (χ1) is 9.61. The maximum Gasteiger partial charge on any atom is 0.125 e. The maximum atomic E-state index is 11.2. The number of para-hydroxylation sites is 1. The number of benzene rings is 2. The summed E-state index contributed by atoms with van der Waals surface area (Å²) >= 11 is 3.46. The van der Waals surface area contributed by atoms with E-state index in [1.165, 1.54) is 0 Å². The fraction of sp³-hybridized carbons (Fsp3) is 0.294. The lowest BCUT2D eigenvalue weighted by Crippen LogP contribution is -2.27. The Kier molecular flexibility index (Phi) is 4.84. The Morgan fingerprint density at radius 3 is 2.50 bits per heavy atom. The van der Waals surface area contributed by atoms with Crippen LogP contribution in [0.15, 0.2) is 53.0 Å². The van der Waals surface area contributed by atoms with Crippen molar-refractivity contribution in [3.8, 4) is 5.75 Å². The number of halogens is 1. The SMILES string of the molecule is CCOc1ccccc1C(O)(CC)c1cccc(Br)c1. The van der Waals surface area contributed by atoms with Gasteiger partial charge in [0.25, 0.3) is 0 Å². The molecule has 0 heterocycles. The number of hydrogen-bond donors (Lipinski definition) is 1. The van der Waals surface area contributed by atoms with E-state index in [4.69, 9.17) is 4.74 Å². The van der Waals surface area contributed by atoms with E-state index in [0.29, 0.717) is 13.0 Å². The van der Waals surface area contributed by atoms with Crippen molar-refractivity contribution in [2.24, 2.45) is 0 Å². The Bertz CT molecular complexity index is 583. The van der Waals surface area contributed by atoms with Crippen LogP contribution in [0.5, 0.6) is 5.75 Å². The lowest BCUT2D eigenvalue weighted by molar-refractivity contribution is 0.0729. The lowest BCUT2D eigenvalue weighted by atomic mass is 9.83. The highest BCUT2D eigenvalue weighted by Crippen LogP contribution is 2.38. The molecule has 2 aromatic carbocycles. The summed E-state index contributed by atoms with van der Waals surface area (Å²) in [5.41, 5.74) is 0.624. The summed E-state index contributed by atoms with van der Waals surface area (Å²) in [7, 11) is 0. The van der Waals surface area contributed by atoms with Crippen LogP contribution < -0.4 is 4.74 Å². The third-order valence-electron chi connectivity index (χ3n) is 3.45. The highest BCUT2D eigenvalue weighted by atomic mass is 79.9. The van der Waals surface area contributed by atoms with Crippen molar-refractivity contribution in [3.05, 3.63) is 64.1 Å². The van der Waals surface area contributed by atoms with Crippen LogP contribution in [-0.4, -0.2) is 11.7 Å². The van der Waals surface area contributed by atoms with E-state index in [2.05, 4.69) is 15.9 Å². The first-order valence-corrected chi connectivity index (χ1v) is 7.61. The third-order valence-corrected chi connectivity index (χ3v) is 3.94. The van der Waals surface area contributed by atoms with Gasteiger partial charge in [-0.25, -0.2) is 0 Å². The lowest BCUT2D eigenvalue weighted by Gasteiger charge is -2.30. The molecule has 0 radical (unpaired) electrons. The van der Waals surface area contributed by atoms with E-state index in [9.17, 15) is 5.11 Å². The minimum atomic E-state index is -1.05. The monoisotopic (exact) mass is 334 g/mol. The van der Waals surface area contributed by atoms with E-state index in [1.54, 1.807) is 0 Å². The zero-order valence-corrected chi connectivity index (χ0v) is 13.4. The molecule has 2 nitrogen and oxygen atoms in total. The second-order valence-electron chi connectivity index (χ2n) is 4.65. The van der Waals surface area contributed by atoms with Crippen molar-refractivity contribution in [2.45, 2.75) is 25.9 Å². The van der Waals surface area contributed by atoms with Crippen molar-refractivity contribution in [1.82, 2.24) is 0 Å². The third kappa shape index (κ3) is 2.89. The normalized spacial score (nSPS) is 13.8. The number of ether oxygens (including phenoxy) is 1. The van der Waals surface area contributed by atoms with Gasteiger partial charge in [-0.05, 0) is 37.1 Å². The molecule has 1 N–H and O–H groups in total. The predicted octanol–water partition coefficient (Wildman–Crippen LogP) is 4.49. The van der Waals surface area contributed by atoms with Crippen LogP contribution in [0.1, 0.15) is 31.4 Å². The zero-order valence-electron chi connectivity index (χ0n) is 11.8. The summed E-state index contributed by atoms with van der Waals surface area (Å²) in [6, 6.07) is 15.5. The van der Waals surface area contributed by atoms with Gasteiger partial charge in [0, 0.05) is 10.0 Å². The van der Waals surface area contributed by atoms with E-state index < -0.39 is 5.60 Å². The Morgan fingerprint density at radius 1 is 1.10 bits per heavy atom. The van der Waals surface area contributed by atoms with Crippen LogP contribution in [0.25, 0.3) is 0 Å². The Hall–Kier alpha value is -1.32. The number of rotatable bonds is 5. The topological polar surface area (TPSA) is 29.5 Å². The Labute approximate surface area is 128 Å².